The molecule has 0 aromatic heterocycles. The molecule has 4 unspecified atom stereocenters. The lowest BCUT2D eigenvalue weighted by Crippen LogP contribution is -2.39. The van der Waals surface area contributed by atoms with Crippen LogP contribution in [0.25, 0.3) is 0 Å². The number of hydrogen-bond acceptors (Lipinski definition) is 8. The van der Waals surface area contributed by atoms with Crippen molar-refractivity contribution < 1.29 is 38.1 Å². The van der Waals surface area contributed by atoms with Gasteiger partial charge in [-0.25, -0.2) is 9.59 Å². The van der Waals surface area contributed by atoms with Gasteiger partial charge in [-0.3, -0.25) is 4.79 Å². The number of para-hydroxylation sites is 1. The second kappa shape index (κ2) is 9.09. The minimum atomic E-state index is -0.584. The molecule has 1 aliphatic heterocycles. The van der Waals surface area contributed by atoms with Crippen LogP contribution in [-0.2, 0) is 28.5 Å². The lowest BCUT2D eigenvalue weighted by atomic mass is 9.83. The maximum Gasteiger partial charge on any atom is 0.341 e. The number of esters is 3. The molecule has 0 spiro atoms. The van der Waals surface area contributed by atoms with Gasteiger partial charge in [-0.15, -0.1) is 0 Å². The molecular weight excluding hydrogens is 380 g/mol. The van der Waals surface area contributed by atoms with Gasteiger partial charge < -0.3 is 23.7 Å². The van der Waals surface area contributed by atoms with E-state index in [0.717, 1.165) is 12.8 Å². The van der Waals surface area contributed by atoms with Crippen LogP contribution in [0.15, 0.2) is 36.1 Å². The van der Waals surface area contributed by atoms with Crippen molar-refractivity contribution in [1.29, 1.82) is 0 Å². The summed E-state index contributed by atoms with van der Waals surface area (Å²) in [4.78, 5) is 35.9. The van der Waals surface area contributed by atoms with Crippen LogP contribution in [0.3, 0.4) is 0 Å². The van der Waals surface area contributed by atoms with E-state index in [9.17, 15) is 14.4 Å². The van der Waals surface area contributed by atoms with Crippen LogP contribution in [0.2, 0.25) is 0 Å². The number of fused-ring (bicyclic) bond motifs is 1. The fourth-order valence-corrected chi connectivity index (χ4v) is 4.06. The Morgan fingerprint density at radius 2 is 1.86 bits per heavy atom. The fourth-order valence-electron chi connectivity index (χ4n) is 4.06. The van der Waals surface area contributed by atoms with E-state index < -0.39 is 24.2 Å². The van der Waals surface area contributed by atoms with Gasteiger partial charge in [0.2, 0.25) is 6.29 Å². The molecular formula is C21H24O8. The Labute approximate surface area is 168 Å². The topological polar surface area (TPSA) is 97.4 Å². The third kappa shape index (κ3) is 4.42. The average Bonchev–Trinajstić information content (AvgIpc) is 3.15. The quantitative estimate of drug-likeness (QED) is 0.527. The minimum absolute atomic E-state index is 0.0526. The summed E-state index contributed by atoms with van der Waals surface area (Å²) in [7, 11) is 2.87. The molecule has 0 amide bonds. The van der Waals surface area contributed by atoms with Crippen molar-refractivity contribution in [1.82, 2.24) is 0 Å². The van der Waals surface area contributed by atoms with Gasteiger partial charge in [0, 0.05) is 31.8 Å². The lowest BCUT2D eigenvalue weighted by Gasteiger charge is -2.35. The summed E-state index contributed by atoms with van der Waals surface area (Å²) in [5.74, 6) is -1.66. The molecule has 1 aromatic rings. The molecule has 8 heteroatoms. The van der Waals surface area contributed by atoms with Crippen LogP contribution in [0.5, 0.6) is 5.75 Å². The number of carbonyl (C=O) groups is 3. The molecule has 1 aliphatic carbocycles. The highest BCUT2D eigenvalue weighted by atomic mass is 16.7. The predicted octanol–water partition coefficient (Wildman–Crippen LogP) is 2.47. The van der Waals surface area contributed by atoms with Crippen molar-refractivity contribution in [2.75, 3.05) is 20.8 Å². The Hall–Kier alpha value is -2.87. The van der Waals surface area contributed by atoms with Crippen LogP contribution in [0, 0.1) is 17.8 Å². The van der Waals surface area contributed by atoms with Gasteiger partial charge in [-0.05, 0) is 25.0 Å². The van der Waals surface area contributed by atoms with Crippen molar-refractivity contribution in [3.63, 3.8) is 0 Å². The summed E-state index contributed by atoms with van der Waals surface area (Å²) in [5.41, 5.74) is 0.649. The summed E-state index contributed by atoms with van der Waals surface area (Å²) >= 11 is 0. The summed E-state index contributed by atoms with van der Waals surface area (Å²) in [5, 5.41) is 0. The van der Waals surface area contributed by atoms with Gasteiger partial charge in [0.1, 0.15) is 11.3 Å². The molecule has 1 fully saturated rings. The highest BCUT2D eigenvalue weighted by Crippen LogP contribution is 2.47. The molecule has 0 saturated heterocycles. The summed E-state index contributed by atoms with van der Waals surface area (Å²) in [6.45, 7) is 1.40. The number of rotatable bonds is 6. The monoisotopic (exact) mass is 404 g/mol. The number of hydrogen-bond donors (Lipinski definition) is 0. The molecule has 1 aromatic carbocycles. The average molecular weight is 404 g/mol. The van der Waals surface area contributed by atoms with Crippen molar-refractivity contribution in [2.24, 2.45) is 17.8 Å². The largest absolute Gasteiger partial charge is 0.472 e. The van der Waals surface area contributed by atoms with E-state index >= 15 is 0 Å². The maximum absolute atomic E-state index is 12.6. The van der Waals surface area contributed by atoms with Gasteiger partial charge in [0.05, 0.1) is 25.6 Å². The third-order valence-electron chi connectivity index (χ3n) is 5.34. The standard InChI is InChI=1S/C21H24O8/c1-12(22)29-17-7-5-4-6-15(17)20(24)27-10-13-8-9-14-16(19(23)25-2)11-28-21(26-3)18(13)14/h4-7,11,13-14,18,21H,8-10H2,1-3H3. The van der Waals surface area contributed by atoms with E-state index in [1.807, 2.05) is 0 Å². The molecule has 4 atom stereocenters. The first-order chi connectivity index (χ1) is 14.0. The Balaban J connectivity index is 1.70. The first-order valence-electron chi connectivity index (χ1n) is 9.37. The Kier molecular flexibility index (Phi) is 6.53. The Morgan fingerprint density at radius 1 is 1.10 bits per heavy atom. The molecule has 29 heavy (non-hydrogen) atoms. The number of ether oxygens (including phenoxy) is 5. The summed E-state index contributed by atoms with van der Waals surface area (Å²) in [6, 6.07) is 6.41. The van der Waals surface area contributed by atoms with E-state index in [4.69, 9.17) is 23.7 Å². The van der Waals surface area contributed by atoms with Crippen molar-refractivity contribution in [3.05, 3.63) is 41.7 Å². The molecule has 1 saturated carbocycles. The maximum atomic E-state index is 12.6. The second-order valence-electron chi connectivity index (χ2n) is 7.01. The smallest absolute Gasteiger partial charge is 0.341 e. The molecule has 2 aliphatic rings. The molecule has 0 N–H and O–H groups in total. The zero-order chi connectivity index (χ0) is 21.0. The van der Waals surface area contributed by atoms with Crippen molar-refractivity contribution >= 4 is 17.9 Å². The van der Waals surface area contributed by atoms with Crippen molar-refractivity contribution in [3.8, 4) is 5.75 Å². The molecule has 8 nitrogen and oxygen atoms in total. The zero-order valence-electron chi connectivity index (χ0n) is 16.6. The highest BCUT2D eigenvalue weighted by molar-refractivity contribution is 5.93. The summed E-state index contributed by atoms with van der Waals surface area (Å²) < 4.78 is 26.5. The van der Waals surface area contributed by atoms with Crippen molar-refractivity contribution in [2.45, 2.75) is 26.1 Å². The lowest BCUT2D eigenvalue weighted by molar-refractivity contribution is -0.157. The van der Waals surface area contributed by atoms with Gasteiger partial charge in [-0.1, -0.05) is 12.1 Å². The molecule has 1 heterocycles. The van der Waals surface area contributed by atoms with E-state index in [0.29, 0.717) is 5.57 Å². The predicted molar refractivity (Wildman–Crippen MR) is 99.7 cm³/mol. The van der Waals surface area contributed by atoms with E-state index in [1.165, 1.54) is 39.5 Å². The normalized spacial score (nSPS) is 25.3. The van der Waals surface area contributed by atoms with Crippen LogP contribution in [0.4, 0.5) is 0 Å². The van der Waals surface area contributed by atoms with E-state index in [1.54, 1.807) is 12.1 Å². The van der Waals surface area contributed by atoms with Crippen LogP contribution in [0.1, 0.15) is 30.1 Å². The zero-order valence-corrected chi connectivity index (χ0v) is 16.6. The van der Waals surface area contributed by atoms with Gasteiger partial charge >= 0.3 is 17.9 Å². The van der Waals surface area contributed by atoms with Gasteiger partial charge in [-0.2, -0.15) is 0 Å². The van der Waals surface area contributed by atoms with E-state index in [2.05, 4.69) is 0 Å². The first kappa shape index (κ1) is 20.9. The fraction of sp³-hybridized carbons (Fsp3) is 0.476. The van der Waals surface area contributed by atoms with Crippen LogP contribution in [-0.4, -0.2) is 45.0 Å². The SMILES string of the molecule is COC(=O)C1=COC(OC)C2C(COC(=O)c3ccccc3OC(C)=O)CCC12. The molecule has 0 bridgehead atoms. The molecule has 3 rings (SSSR count). The van der Waals surface area contributed by atoms with Gasteiger partial charge in [0.15, 0.2) is 0 Å². The third-order valence-corrected chi connectivity index (χ3v) is 5.34. The van der Waals surface area contributed by atoms with Gasteiger partial charge in [0.25, 0.3) is 0 Å². The summed E-state index contributed by atoms with van der Waals surface area (Å²) in [6.07, 6.45) is 2.35. The minimum Gasteiger partial charge on any atom is -0.472 e. The molecule has 0 radical (unpaired) electrons. The second-order valence-corrected chi connectivity index (χ2v) is 7.01. The highest BCUT2D eigenvalue weighted by Gasteiger charge is 2.48. The Bertz CT molecular complexity index is 815. The number of carbonyl (C=O) groups excluding carboxylic acids is 3. The number of benzene rings is 1. The van der Waals surface area contributed by atoms with Crippen LogP contribution >= 0.6 is 0 Å². The number of methoxy groups -OCH3 is 2. The van der Waals surface area contributed by atoms with Crippen LogP contribution < -0.4 is 4.74 Å². The van der Waals surface area contributed by atoms with E-state index in [-0.39, 0.29) is 35.7 Å². The Morgan fingerprint density at radius 3 is 2.55 bits per heavy atom. The molecule has 156 valence electrons. The first-order valence-corrected chi connectivity index (χ1v) is 9.37.